The van der Waals surface area contributed by atoms with Crippen molar-refractivity contribution in [3.63, 3.8) is 0 Å². The van der Waals surface area contributed by atoms with E-state index in [9.17, 15) is 4.79 Å². The Kier molecular flexibility index (Phi) is 5.65. The molecule has 0 aliphatic heterocycles. The van der Waals surface area contributed by atoms with Crippen molar-refractivity contribution in [2.75, 3.05) is 7.05 Å². The van der Waals surface area contributed by atoms with Gasteiger partial charge in [0.1, 0.15) is 0 Å². The molecule has 2 N–H and O–H groups in total. The summed E-state index contributed by atoms with van der Waals surface area (Å²) in [7, 11) is 1.74. The molecule has 106 valence electrons. The summed E-state index contributed by atoms with van der Waals surface area (Å²) >= 11 is 11.9. The van der Waals surface area contributed by atoms with Gasteiger partial charge < -0.3 is 10.6 Å². The van der Waals surface area contributed by atoms with Gasteiger partial charge in [-0.05, 0) is 36.6 Å². The van der Waals surface area contributed by atoms with Gasteiger partial charge in [-0.1, -0.05) is 37.0 Å². The van der Waals surface area contributed by atoms with Gasteiger partial charge >= 0.3 is 0 Å². The Morgan fingerprint density at radius 1 is 1.21 bits per heavy atom. The van der Waals surface area contributed by atoms with Gasteiger partial charge in [0.2, 0.25) is 5.91 Å². The van der Waals surface area contributed by atoms with Crippen LogP contribution in [0.3, 0.4) is 0 Å². The fraction of sp³-hybridized carbons (Fsp3) is 0.500. The lowest BCUT2D eigenvalue weighted by atomic mass is 9.92. The fourth-order valence-corrected chi connectivity index (χ4v) is 2.55. The summed E-state index contributed by atoms with van der Waals surface area (Å²) in [6, 6.07) is 5.26. The SMILES string of the molecule is CCC(N)(CC)C(=O)N(C)Cc1cc(Cl)cc(Cl)c1. The standard InChI is InChI=1S/C14H20Cl2N2O/c1-4-14(17,5-2)13(19)18(3)9-10-6-11(15)8-12(16)7-10/h6-8H,4-5,9,17H2,1-3H3. The fourth-order valence-electron chi connectivity index (χ4n) is 1.98. The molecule has 0 aliphatic carbocycles. The average molecular weight is 303 g/mol. The first-order chi connectivity index (χ1) is 8.82. The highest BCUT2D eigenvalue weighted by Gasteiger charge is 2.32. The van der Waals surface area contributed by atoms with E-state index in [4.69, 9.17) is 28.9 Å². The lowest BCUT2D eigenvalue weighted by Gasteiger charge is -2.30. The van der Waals surface area contributed by atoms with Crippen molar-refractivity contribution in [2.45, 2.75) is 38.8 Å². The number of hydrogen-bond donors (Lipinski definition) is 1. The molecule has 1 aromatic rings. The van der Waals surface area contributed by atoms with Crippen molar-refractivity contribution in [1.82, 2.24) is 4.90 Å². The number of benzene rings is 1. The van der Waals surface area contributed by atoms with E-state index in [1.807, 2.05) is 13.8 Å². The molecule has 19 heavy (non-hydrogen) atoms. The molecule has 0 fully saturated rings. The molecule has 1 amide bonds. The van der Waals surface area contributed by atoms with Gasteiger partial charge in [-0.25, -0.2) is 0 Å². The predicted molar refractivity (Wildman–Crippen MR) is 80.4 cm³/mol. The van der Waals surface area contributed by atoms with E-state index >= 15 is 0 Å². The molecule has 0 bridgehead atoms. The smallest absolute Gasteiger partial charge is 0.242 e. The van der Waals surface area contributed by atoms with Crippen molar-refractivity contribution in [2.24, 2.45) is 5.73 Å². The van der Waals surface area contributed by atoms with Gasteiger partial charge in [0.15, 0.2) is 0 Å². The second kappa shape index (κ2) is 6.60. The van der Waals surface area contributed by atoms with Crippen LogP contribution in [-0.4, -0.2) is 23.4 Å². The third-order valence-electron chi connectivity index (χ3n) is 3.38. The summed E-state index contributed by atoms with van der Waals surface area (Å²) < 4.78 is 0. The van der Waals surface area contributed by atoms with Gasteiger partial charge in [0.05, 0.1) is 5.54 Å². The van der Waals surface area contributed by atoms with Crippen LogP contribution in [-0.2, 0) is 11.3 Å². The highest BCUT2D eigenvalue weighted by atomic mass is 35.5. The molecular formula is C14H20Cl2N2O. The Balaban J connectivity index is 2.84. The van der Waals surface area contributed by atoms with Crippen LogP contribution in [0.1, 0.15) is 32.3 Å². The van der Waals surface area contributed by atoms with Crippen LogP contribution in [0.4, 0.5) is 0 Å². The molecule has 0 saturated heterocycles. The van der Waals surface area contributed by atoms with Crippen molar-refractivity contribution in [1.29, 1.82) is 0 Å². The number of carbonyl (C=O) groups is 1. The van der Waals surface area contributed by atoms with Crippen LogP contribution in [0.25, 0.3) is 0 Å². The normalized spacial score (nSPS) is 11.5. The maximum atomic E-state index is 12.3. The number of rotatable bonds is 5. The van der Waals surface area contributed by atoms with E-state index in [1.165, 1.54) is 0 Å². The number of halogens is 2. The molecule has 0 radical (unpaired) electrons. The Bertz CT molecular complexity index is 439. The topological polar surface area (TPSA) is 46.3 Å². The summed E-state index contributed by atoms with van der Waals surface area (Å²) in [6.45, 7) is 4.29. The van der Waals surface area contributed by atoms with Gasteiger partial charge in [-0.3, -0.25) is 4.79 Å². The third kappa shape index (κ3) is 4.10. The molecule has 0 spiro atoms. The number of likely N-dealkylation sites (N-methyl/N-ethyl adjacent to an activating group) is 1. The number of carbonyl (C=O) groups excluding carboxylic acids is 1. The van der Waals surface area contributed by atoms with Gasteiger partial charge in [-0.15, -0.1) is 0 Å². The average Bonchev–Trinajstić information content (AvgIpc) is 2.35. The minimum absolute atomic E-state index is 0.0615. The lowest BCUT2D eigenvalue weighted by Crippen LogP contribution is -2.53. The maximum Gasteiger partial charge on any atom is 0.242 e. The third-order valence-corrected chi connectivity index (χ3v) is 3.81. The molecule has 0 aromatic heterocycles. The van der Waals surface area contributed by atoms with Crippen LogP contribution < -0.4 is 5.73 Å². The monoisotopic (exact) mass is 302 g/mol. The number of amides is 1. The number of nitrogens with zero attached hydrogens (tertiary/aromatic N) is 1. The second-order valence-electron chi connectivity index (χ2n) is 4.80. The number of hydrogen-bond acceptors (Lipinski definition) is 2. The van der Waals surface area contributed by atoms with Crippen molar-refractivity contribution in [3.8, 4) is 0 Å². The van der Waals surface area contributed by atoms with Crippen LogP contribution in [0.5, 0.6) is 0 Å². The van der Waals surface area contributed by atoms with E-state index in [1.54, 1.807) is 30.1 Å². The van der Waals surface area contributed by atoms with Crippen LogP contribution in [0.15, 0.2) is 18.2 Å². The van der Waals surface area contributed by atoms with E-state index in [2.05, 4.69) is 0 Å². The highest BCUT2D eigenvalue weighted by Crippen LogP contribution is 2.21. The molecule has 1 rings (SSSR count). The Hall–Kier alpha value is -0.770. The summed E-state index contributed by atoms with van der Waals surface area (Å²) in [5.74, 6) is -0.0615. The zero-order chi connectivity index (χ0) is 14.6. The lowest BCUT2D eigenvalue weighted by molar-refractivity contribution is -0.136. The van der Waals surface area contributed by atoms with E-state index < -0.39 is 5.54 Å². The predicted octanol–water partition coefficient (Wildman–Crippen LogP) is 3.47. The second-order valence-corrected chi connectivity index (χ2v) is 5.68. The van der Waals surface area contributed by atoms with Crippen molar-refractivity contribution >= 4 is 29.1 Å². The minimum atomic E-state index is -0.795. The Labute approximate surface area is 124 Å². The molecule has 0 saturated carbocycles. The molecule has 0 atom stereocenters. The van der Waals surface area contributed by atoms with E-state index in [0.717, 1.165) is 5.56 Å². The van der Waals surface area contributed by atoms with Gasteiger partial charge in [0.25, 0.3) is 0 Å². The molecule has 3 nitrogen and oxygen atoms in total. The molecule has 0 unspecified atom stereocenters. The maximum absolute atomic E-state index is 12.3. The molecular weight excluding hydrogens is 283 g/mol. The molecule has 1 aromatic carbocycles. The zero-order valence-electron chi connectivity index (χ0n) is 11.5. The number of nitrogens with two attached hydrogens (primary N) is 1. The quantitative estimate of drug-likeness (QED) is 0.905. The van der Waals surface area contributed by atoms with Crippen LogP contribution in [0.2, 0.25) is 10.0 Å². The van der Waals surface area contributed by atoms with Gasteiger partial charge in [-0.2, -0.15) is 0 Å². The van der Waals surface area contributed by atoms with Gasteiger partial charge in [0, 0.05) is 23.6 Å². The molecule has 0 heterocycles. The van der Waals surface area contributed by atoms with Crippen molar-refractivity contribution < 1.29 is 4.79 Å². The highest BCUT2D eigenvalue weighted by molar-refractivity contribution is 6.34. The first kappa shape index (κ1) is 16.3. The van der Waals surface area contributed by atoms with Crippen LogP contribution in [0, 0.1) is 0 Å². The summed E-state index contributed by atoms with van der Waals surface area (Å²) in [6.07, 6.45) is 1.23. The summed E-state index contributed by atoms with van der Waals surface area (Å²) in [5.41, 5.74) is 6.21. The van der Waals surface area contributed by atoms with E-state index in [0.29, 0.717) is 29.4 Å². The largest absolute Gasteiger partial charge is 0.340 e. The first-order valence-corrected chi connectivity index (χ1v) is 7.07. The van der Waals surface area contributed by atoms with Crippen LogP contribution >= 0.6 is 23.2 Å². The summed E-state index contributed by atoms with van der Waals surface area (Å²) in [5, 5.41) is 1.13. The van der Waals surface area contributed by atoms with E-state index in [-0.39, 0.29) is 5.91 Å². The Morgan fingerprint density at radius 2 is 1.68 bits per heavy atom. The molecule has 0 aliphatic rings. The zero-order valence-corrected chi connectivity index (χ0v) is 13.1. The first-order valence-electron chi connectivity index (χ1n) is 6.31. The van der Waals surface area contributed by atoms with Crippen molar-refractivity contribution in [3.05, 3.63) is 33.8 Å². The molecule has 5 heteroatoms. The summed E-state index contributed by atoms with van der Waals surface area (Å²) in [4.78, 5) is 14.0. The Morgan fingerprint density at radius 3 is 2.11 bits per heavy atom. The minimum Gasteiger partial charge on any atom is -0.340 e.